The lowest BCUT2D eigenvalue weighted by Crippen LogP contribution is -2.43. The minimum absolute atomic E-state index is 0.0572. The van der Waals surface area contributed by atoms with Crippen LogP contribution < -0.4 is 4.90 Å². The van der Waals surface area contributed by atoms with Crippen molar-refractivity contribution in [3.8, 4) is 0 Å². The fourth-order valence-corrected chi connectivity index (χ4v) is 3.25. The Bertz CT molecular complexity index is 1040. The van der Waals surface area contributed by atoms with E-state index in [2.05, 4.69) is 0 Å². The molecule has 8 nitrogen and oxygen atoms in total. The predicted molar refractivity (Wildman–Crippen MR) is 96.7 cm³/mol. The van der Waals surface area contributed by atoms with Gasteiger partial charge in [0.15, 0.2) is 5.69 Å². The summed E-state index contributed by atoms with van der Waals surface area (Å²) in [5.74, 6) is -3.77. The van der Waals surface area contributed by atoms with Crippen molar-refractivity contribution in [1.29, 1.82) is 0 Å². The largest absolute Gasteiger partial charge is 0.477 e. The quantitative estimate of drug-likeness (QED) is 0.487. The average Bonchev–Trinajstić information content (AvgIpc) is 2.87. The molecule has 0 unspecified atom stereocenters. The lowest BCUT2D eigenvalue weighted by Gasteiger charge is -2.25. The van der Waals surface area contributed by atoms with Crippen molar-refractivity contribution >= 4 is 51.9 Å². The normalized spacial score (nSPS) is 14.5. The molecule has 0 spiro atoms. The summed E-state index contributed by atoms with van der Waals surface area (Å²) in [6.07, 6.45) is 0.952. The first-order valence-corrected chi connectivity index (χ1v) is 8.41. The lowest BCUT2D eigenvalue weighted by atomic mass is 10.1. The smallest absolute Gasteiger partial charge is 0.354 e. The van der Waals surface area contributed by atoms with Crippen LogP contribution in [0, 0.1) is 0 Å². The number of hydrogen-bond acceptors (Lipinski definition) is 5. The number of carbonyl (C=O) groups is 4. The lowest BCUT2D eigenvalue weighted by molar-refractivity contribution is -0.140. The van der Waals surface area contributed by atoms with Gasteiger partial charge in [0.2, 0.25) is 5.91 Å². The second-order valence-corrected chi connectivity index (χ2v) is 6.24. The Morgan fingerprint density at radius 1 is 1.30 bits per heavy atom. The molecule has 1 aliphatic rings. The van der Waals surface area contributed by atoms with Gasteiger partial charge in [0.25, 0.3) is 5.91 Å². The zero-order valence-electron chi connectivity index (χ0n) is 14.5. The molecule has 9 heteroatoms. The van der Waals surface area contributed by atoms with E-state index in [1.54, 1.807) is 19.1 Å². The van der Waals surface area contributed by atoms with Gasteiger partial charge in [0.1, 0.15) is 5.57 Å². The van der Waals surface area contributed by atoms with E-state index in [4.69, 9.17) is 16.3 Å². The Labute approximate surface area is 158 Å². The van der Waals surface area contributed by atoms with Gasteiger partial charge in [0.05, 0.1) is 17.8 Å². The number of carboxylic acids is 1. The van der Waals surface area contributed by atoms with Gasteiger partial charge in [-0.25, -0.2) is 14.5 Å². The molecular formula is C18H15ClN2O6. The van der Waals surface area contributed by atoms with Crippen LogP contribution in [0.15, 0.2) is 29.8 Å². The van der Waals surface area contributed by atoms with Crippen LogP contribution in [0.1, 0.15) is 23.8 Å². The topological polar surface area (TPSA) is 106 Å². The van der Waals surface area contributed by atoms with Crippen molar-refractivity contribution < 1.29 is 29.0 Å². The number of hydrogen-bond donors (Lipinski definition) is 1. The van der Waals surface area contributed by atoms with E-state index < -0.39 is 23.8 Å². The number of fused-ring (bicyclic) bond motifs is 1. The van der Waals surface area contributed by atoms with E-state index in [1.165, 1.54) is 23.8 Å². The fourth-order valence-electron chi connectivity index (χ4n) is 3.08. The van der Waals surface area contributed by atoms with Crippen LogP contribution in [0.3, 0.4) is 0 Å². The zero-order valence-corrected chi connectivity index (χ0v) is 15.2. The fraction of sp³-hybridized carbons (Fsp3) is 0.222. The second-order valence-electron chi connectivity index (χ2n) is 5.80. The van der Waals surface area contributed by atoms with Crippen molar-refractivity contribution in [3.63, 3.8) is 0 Å². The third-order valence-corrected chi connectivity index (χ3v) is 4.46. The molecule has 0 fully saturated rings. The highest BCUT2D eigenvalue weighted by molar-refractivity contribution is 6.35. The summed E-state index contributed by atoms with van der Waals surface area (Å²) in [7, 11) is 1.50. The summed E-state index contributed by atoms with van der Waals surface area (Å²) in [5, 5.41) is 10.3. The SMILES string of the molecule is CCOC(=O)C1=CCC(=O)N(c2c(C(=O)O)n(C)c3ccc(Cl)cc23)C1=O. The molecule has 2 aromatic rings. The minimum Gasteiger partial charge on any atom is -0.477 e. The molecule has 1 N–H and O–H groups in total. The number of rotatable bonds is 4. The molecule has 140 valence electrons. The zero-order chi connectivity index (χ0) is 19.9. The van der Waals surface area contributed by atoms with Crippen LogP contribution in [0.25, 0.3) is 10.9 Å². The highest BCUT2D eigenvalue weighted by Gasteiger charge is 2.38. The molecule has 3 rings (SSSR count). The summed E-state index contributed by atoms with van der Waals surface area (Å²) in [4.78, 5) is 50.0. The number of aromatic carboxylic acids is 1. The third kappa shape index (κ3) is 2.97. The van der Waals surface area contributed by atoms with Gasteiger partial charge in [-0.1, -0.05) is 17.7 Å². The van der Waals surface area contributed by atoms with Crippen LogP contribution in [-0.2, 0) is 26.2 Å². The summed E-state index contributed by atoms with van der Waals surface area (Å²) in [6, 6.07) is 4.64. The predicted octanol–water partition coefficient (Wildman–Crippen LogP) is 2.28. The van der Waals surface area contributed by atoms with Crippen molar-refractivity contribution in [2.75, 3.05) is 11.5 Å². The molecule has 1 aromatic carbocycles. The van der Waals surface area contributed by atoms with Gasteiger partial charge in [-0.2, -0.15) is 0 Å². The van der Waals surface area contributed by atoms with Gasteiger partial charge in [-0.15, -0.1) is 0 Å². The van der Waals surface area contributed by atoms with Gasteiger partial charge in [-0.3, -0.25) is 9.59 Å². The van der Waals surface area contributed by atoms with Crippen LogP contribution in [0.4, 0.5) is 5.69 Å². The summed E-state index contributed by atoms with van der Waals surface area (Å²) in [5.41, 5.74) is -0.224. The van der Waals surface area contributed by atoms with Crippen molar-refractivity contribution in [2.24, 2.45) is 7.05 Å². The first kappa shape index (κ1) is 18.7. The monoisotopic (exact) mass is 390 g/mol. The van der Waals surface area contributed by atoms with E-state index in [9.17, 15) is 24.3 Å². The highest BCUT2D eigenvalue weighted by atomic mass is 35.5. The van der Waals surface area contributed by atoms with Gasteiger partial charge in [0, 0.05) is 23.9 Å². The number of anilines is 1. The molecule has 0 aliphatic carbocycles. The number of halogens is 1. The summed E-state index contributed by atoms with van der Waals surface area (Å²) in [6.45, 7) is 1.64. The second kappa shape index (κ2) is 6.88. The molecule has 0 bridgehead atoms. The number of nitrogens with zero attached hydrogens (tertiary/aromatic N) is 2. The van der Waals surface area contributed by atoms with Gasteiger partial charge in [-0.05, 0) is 25.1 Å². The number of aromatic nitrogens is 1. The molecule has 1 aliphatic heterocycles. The molecule has 2 heterocycles. The number of aryl methyl sites for hydroxylation is 1. The molecule has 2 amide bonds. The number of esters is 1. The maximum atomic E-state index is 12.9. The van der Waals surface area contributed by atoms with Gasteiger partial charge < -0.3 is 14.4 Å². The van der Waals surface area contributed by atoms with Crippen LogP contribution in [0.5, 0.6) is 0 Å². The van der Waals surface area contributed by atoms with Crippen molar-refractivity contribution in [1.82, 2.24) is 4.57 Å². The molecular weight excluding hydrogens is 376 g/mol. The number of carboxylic acid groups (broad SMARTS) is 1. The molecule has 0 atom stereocenters. The van der Waals surface area contributed by atoms with Crippen LogP contribution >= 0.6 is 11.6 Å². The molecule has 0 saturated heterocycles. The van der Waals surface area contributed by atoms with E-state index in [0.29, 0.717) is 20.8 Å². The first-order valence-electron chi connectivity index (χ1n) is 8.03. The number of imide groups is 1. The van der Waals surface area contributed by atoms with Crippen LogP contribution in [0.2, 0.25) is 5.02 Å². The van der Waals surface area contributed by atoms with Gasteiger partial charge >= 0.3 is 11.9 Å². The molecule has 1 aromatic heterocycles. The molecule has 27 heavy (non-hydrogen) atoms. The Morgan fingerprint density at radius 3 is 2.63 bits per heavy atom. The Balaban J connectivity index is 2.26. The Morgan fingerprint density at radius 2 is 2.00 bits per heavy atom. The maximum Gasteiger partial charge on any atom is 0.354 e. The Hall–Kier alpha value is -3.13. The summed E-state index contributed by atoms with van der Waals surface area (Å²) >= 11 is 6.03. The minimum atomic E-state index is -1.33. The number of benzene rings is 1. The Kier molecular flexibility index (Phi) is 4.75. The van der Waals surface area contributed by atoms with E-state index in [-0.39, 0.29) is 30.0 Å². The first-order chi connectivity index (χ1) is 12.8. The number of ether oxygens (including phenoxy) is 1. The van der Waals surface area contributed by atoms with E-state index >= 15 is 0 Å². The van der Waals surface area contributed by atoms with Crippen molar-refractivity contribution in [2.45, 2.75) is 13.3 Å². The highest BCUT2D eigenvalue weighted by Crippen LogP contribution is 2.37. The van der Waals surface area contributed by atoms with Crippen LogP contribution in [-0.4, -0.2) is 40.0 Å². The standard InChI is InChI=1S/C18H15ClN2O6/c1-3-27-18(26)10-5-7-13(22)21(16(10)23)14-11-8-9(19)4-6-12(11)20(2)15(14)17(24)25/h4-6,8H,3,7H2,1-2H3,(H,24,25). The molecule has 0 radical (unpaired) electrons. The molecule has 0 saturated carbocycles. The third-order valence-electron chi connectivity index (χ3n) is 4.22. The van der Waals surface area contributed by atoms with Crippen molar-refractivity contribution in [3.05, 3.63) is 40.6 Å². The maximum absolute atomic E-state index is 12.9. The van der Waals surface area contributed by atoms with E-state index in [1.807, 2.05) is 0 Å². The average molecular weight is 391 g/mol. The summed E-state index contributed by atoms with van der Waals surface area (Å²) < 4.78 is 6.21. The number of amides is 2. The van der Waals surface area contributed by atoms with E-state index in [0.717, 1.165) is 0 Å². The number of carbonyl (C=O) groups excluding carboxylic acids is 3.